The van der Waals surface area contributed by atoms with E-state index < -0.39 is 0 Å². The fraction of sp³-hybridized carbons (Fsp3) is 0.438. The molecule has 0 spiro atoms. The third-order valence-corrected chi connectivity index (χ3v) is 4.42. The van der Waals surface area contributed by atoms with E-state index in [9.17, 15) is 14.4 Å². The molecule has 124 valence electrons. The summed E-state index contributed by atoms with van der Waals surface area (Å²) < 4.78 is 0. The van der Waals surface area contributed by atoms with E-state index in [2.05, 4.69) is 10.6 Å². The number of thioether (sulfide) groups is 1. The van der Waals surface area contributed by atoms with E-state index in [0.29, 0.717) is 19.6 Å². The Hall–Kier alpha value is -2.02. The lowest BCUT2D eigenvalue weighted by Crippen LogP contribution is -2.37. The first-order chi connectivity index (χ1) is 11.0. The van der Waals surface area contributed by atoms with Gasteiger partial charge in [-0.15, -0.1) is 11.8 Å². The molecule has 2 N–H and O–H groups in total. The van der Waals surface area contributed by atoms with Crippen LogP contribution in [0.2, 0.25) is 0 Å². The molecule has 0 saturated carbocycles. The van der Waals surface area contributed by atoms with Crippen LogP contribution in [0.3, 0.4) is 0 Å². The van der Waals surface area contributed by atoms with Gasteiger partial charge in [0.15, 0.2) is 0 Å². The number of carbonyl (C=O) groups is 3. The molecule has 1 aromatic rings. The van der Waals surface area contributed by atoms with E-state index in [4.69, 9.17) is 0 Å². The maximum atomic E-state index is 12.1. The summed E-state index contributed by atoms with van der Waals surface area (Å²) in [7, 11) is 0. The Bertz CT molecular complexity index is 589. The Balaban J connectivity index is 1.88. The molecule has 0 aromatic heterocycles. The minimum Gasteiger partial charge on any atom is -0.355 e. The summed E-state index contributed by atoms with van der Waals surface area (Å²) in [6.45, 7) is 2.58. The van der Waals surface area contributed by atoms with E-state index in [0.717, 1.165) is 10.6 Å². The zero-order valence-electron chi connectivity index (χ0n) is 13.3. The topological polar surface area (TPSA) is 78.5 Å². The highest BCUT2D eigenvalue weighted by atomic mass is 32.2. The molecule has 0 bridgehead atoms. The number of hydrogen-bond acceptors (Lipinski definition) is 4. The van der Waals surface area contributed by atoms with Gasteiger partial charge in [-0.2, -0.15) is 0 Å². The van der Waals surface area contributed by atoms with Crippen molar-refractivity contribution in [2.75, 3.05) is 30.8 Å². The Kier molecular flexibility index (Phi) is 6.04. The van der Waals surface area contributed by atoms with Gasteiger partial charge in [0.05, 0.1) is 5.92 Å². The third kappa shape index (κ3) is 4.72. The highest BCUT2D eigenvalue weighted by molar-refractivity contribution is 7.98. The van der Waals surface area contributed by atoms with Crippen molar-refractivity contribution in [2.45, 2.75) is 18.2 Å². The first-order valence-corrected chi connectivity index (χ1v) is 8.70. The lowest BCUT2D eigenvalue weighted by molar-refractivity contribution is -0.126. The van der Waals surface area contributed by atoms with Gasteiger partial charge in [-0.3, -0.25) is 14.4 Å². The van der Waals surface area contributed by atoms with Gasteiger partial charge in [0.1, 0.15) is 0 Å². The van der Waals surface area contributed by atoms with Crippen LogP contribution in [0.5, 0.6) is 0 Å². The SMILES string of the molecule is CSc1ccc(N2C[C@H](C(=O)NCCNC(C)=O)CC2=O)cc1. The molecule has 1 atom stereocenters. The maximum Gasteiger partial charge on any atom is 0.227 e. The number of carbonyl (C=O) groups excluding carboxylic acids is 3. The number of benzene rings is 1. The van der Waals surface area contributed by atoms with E-state index in [-0.39, 0.29) is 30.1 Å². The van der Waals surface area contributed by atoms with E-state index in [1.54, 1.807) is 16.7 Å². The Labute approximate surface area is 140 Å². The molecule has 1 fully saturated rings. The van der Waals surface area contributed by atoms with Crippen molar-refractivity contribution in [3.63, 3.8) is 0 Å². The van der Waals surface area contributed by atoms with Crippen molar-refractivity contribution in [2.24, 2.45) is 5.92 Å². The quantitative estimate of drug-likeness (QED) is 0.601. The van der Waals surface area contributed by atoms with Gasteiger partial charge in [-0.25, -0.2) is 0 Å². The van der Waals surface area contributed by atoms with Crippen LogP contribution >= 0.6 is 11.8 Å². The second-order valence-corrected chi connectivity index (χ2v) is 6.26. The zero-order chi connectivity index (χ0) is 16.8. The van der Waals surface area contributed by atoms with Crippen LogP contribution in [0.15, 0.2) is 29.2 Å². The molecule has 1 heterocycles. The number of nitrogens with one attached hydrogen (secondary N) is 2. The summed E-state index contributed by atoms with van der Waals surface area (Å²) in [6, 6.07) is 7.74. The molecular formula is C16H21N3O3S. The largest absolute Gasteiger partial charge is 0.355 e. The van der Waals surface area contributed by atoms with Crippen molar-refractivity contribution in [1.29, 1.82) is 0 Å². The summed E-state index contributed by atoms with van der Waals surface area (Å²) in [5.74, 6) is -0.661. The van der Waals surface area contributed by atoms with E-state index in [1.807, 2.05) is 30.5 Å². The van der Waals surface area contributed by atoms with Gasteiger partial charge in [0, 0.05) is 43.6 Å². The lowest BCUT2D eigenvalue weighted by Gasteiger charge is -2.17. The average Bonchev–Trinajstić information content (AvgIpc) is 2.93. The van der Waals surface area contributed by atoms with Crippen LogP contribution in [-0.2, 0) is 14.4 Å². The minimum absolute atomic E-state index is 0.0380. The lowest BCUT2D eigenvalue weighted by atomic mass is 10.1. The third-order valence-electron chi connectivity index (χ3n) is 3.68. The maximum absolute atomic E-state index is 12.1. The molecule has 6 nitrogen and oxygen atoms in total. The molecule has 0 radical (unpaired) electrons. The molecule has 3 amide bonds. The molecule has 1 aliphatic heterocycles. The molecule has 7 heteroatoms. The Morgan fingerprint density at radius 1 is 1.22 bits per heavy atom. The van der Waals surface area contributed by atoms with Crippen molar-refractivity contribution in [3.05, 3.63) is 24.3 Å². The van der Waals surface area contributed by atoms with Gasteiger partial charge in [-0.05, 0) is 30.5 Å². The zero-order valence-corrected chi connectivity index (χ0v) is 14.1. The molecule has 1 saturated heterocycles. The highest BCUT2D eigenvalue weighted by Crippen LogP contribution is 2.27. The van der Waals surface area contributed by atoms with Crippen LogP contribution in [-0.4, -0.2) is 43.6 Å². The average molecular weight is 335 g/mol. The minimum atomic E-state index is -0.347. The Morgan fingerprint density at radius 3 is 2.48 bits per heavy atom. The molecule has 1 aromatic carbocycles. The van der Waals surface area contributed by atoms with Gasteiger partial charge >= 0.3 is 0 Å². The van der Waals surface area contributed by atoms with Crippen LogP contribution in [0.1, 0.15) is 13.3 Å². The standard InChI is InChI=1S/C16H21N3O3S/c1-11(20)17-7-8-18-16(22)12-9-15(21)19(10-12)13-3-5-14(23-2)6-4-13/h3-6,12H,7-10H2,1-2H3,(H,17,20)(H,18,22)/t12-/m1/s1. The number of amides is 3. The predicted molar refractivity (Wildman–Crippen MR) is 90.4 cm³/mol. The number of anilines is 1. The van der Waals surface area contributed by atoms with Gasteiger partial charge in [0.2, 0.25) is 17.7 Å². The van der Waals surface area contributed by atoms with Crippen molar-refractivity contribution >= 4 is 35.2 Å². The van der Waals surface area contributed by atoms with Gasteiger partial charge in [-0.1, -0.05) is 0 Å². The number of rotatable bonds is 6. The predicted octanol–water partition coefficient (Wildman–Crippen LogP) is 1.01. The molecular weight excluding hydrogens is 314 g/mol. The molecule has 0 unspecified atom stereocenters. The van der Waals surface area contributed by atoms with E-state index in [1.165, 1.54) is 6.92 Å². The monoisotopic (exact) mass is 335 g/mol. The second kappa shape index (κ2) is 8.01. The van der Waals surface area contributed by atoms with Crippen molar-refractivity contribution < 1.29 is 14.4 Å². The summed E-state index contributed by atoms with van der Waals surface area (Å²) in [5, 5.41) is 5.37. The fourth-order valence-corrected chi connectivity index (χ4v) is 2.87. The summed E-state index contributed by atoms with van der Waals surface area (Å²) in [4.78, 5) is 37.8. The first-order valence-electron chi connectivity index (χ1n) is 7.48. The summed E-state index contributed by atoms with van der Waals surface area (Å²) >= 11 is 1.64. The summed E-state index contributed by atoms with van der Waals surface area (Å²) in [6.07, 6.45) is 2.22. The van der Waals surface area contributed by atoms with Crippen LogP contribution in [0.4, 0.5) is 5.69 Å². The second-order valence-electron chi connectivity index (χ2n) is 5.38. The summed E-state index contributed by atoms with van der Waals surface area (Å²) in [5.41, 5.74) is 0.821. The first kappa shape index (κ1) is 17.3. The molecule has 23 heavy (non-hydrogen) atoms. The fourth-order valence-electron chi connectivity index (χ4n) is 2.46. The molecule has 0 aliphatic carbocycles. The van der Waals surface area contributed by atoms with Crippen LogP contribution < -0.4 is 15.5 Å². The number of nitrogens with zero attached hydrogens (tertiary/aromatic N) is 1. The van der Waals surface area contributed by atoms with E-state index >= 15 is 0 Å². The van der Waals surface area contributed by atoms with Crippen LogP contribution in [0, 0.1) is 5.92 Å². The number of hydrogen-bond donors (Lipinski definition) is 2. The Morgan fingerprint density at radius 2 is 1.87 bits per heavy atom. The molecule has 1 aliphatic rings. The van der Waals surface area contributed by atoms with Crippen LogP contribution in [0.25, 0.3) is 0 Å². The highest BCUT2D eigenvalue weighted by Gasteiger charge is 2.34. The van der Waals surface area contributed by atoms with Gasteiger partial charge in [0.25, 0.3) is 0 Å². The van der Waals surface area contributed by atoms with Crippen molar-refractivity contribution in [3.8, 4) is 0 Å². The smallest absolute Gasteiger partial charge is 0.227 e. The molecule has 2 rings (SSSR count). The van der Waals surface area contributed by atoms with Gasteiger partial charge < -0.3 is 15.5 Å². The van der Waals surface area contributed by atoms with Crippen molar-refractivity contribution in [1.82, 2.24) is 10.6 Å². The normalized spacial score (nSPS) is 17.2.